The summed E-state index contributed by atoms with van der Waals surface area (Å²) >= 11 is 0. The fourth-order valence-electron chi connectivity index (χ4n) is 2.85. The molecule has 1 fully saturated rings. The van der Waals surface area contributed by atoms with Crippen molar-refractivity contribution < 1.29 is 23.9 Å². The molecule has 0 atom stereocenters. The largest absolute Gasteiger partial charge is 0.379 e. The van der Waals surface area contributed by atoms with Crippen molar-refractivity contribution in [3.8, 4) is 0 Å². The molecule has 25 heavy (non-hydrogen) atoms. The van der Waals surface area contributed by atoms with Gasteiger partial charge in [-0.1, -0.05) is 13.8 Å². The van der Waals surface area contributed by atoms with Crippen LogP contribution in [-0.4, -0.2) is 57.1 Å². The lowest BCUT2D eigenvalue weighted by molar-refractivity contribution is -0.127. The Bertz CT molecular complexity index is 431. The third kappa shape index (κ3) is 8.97. The van der Waals surface area contributed by atoms with E-state index in [1.807, 2.05) is 13.8 Å². The zero-order valence-electron chi connectivity index (χ0n) is 15.6. The van der Waals surface area contributed by atoms with Crippen molar-refractivity contribution in [1.82, 2.24) is 10.6 Å². The van der Waals surface area contributed by atoms with E-state index in [4.69, 9.17) is 9.47 Å². The summed E-state index contributed by atoms with van der Waals surface area (Å²) < 4.78 is 10.2. The SMILES string of the molecule is COCC(=O)NC1CCC(C(=O)NCCOCCC(=O)C(C)C)CC1. The average molecular weight is 356 g/mol. The number of carbonyl (C=O) groups excluding carboxylic acids is 3. The lowest BCUT2D eigenvalue weighted by Crippen LogP contribution is -2.42. The molecule has 1 aliphatic carbocycles. The van der Waals surface area contributed by atoms with Crippen LogP contribution in [0.1, 0.15) is 46.0 Å². The molecule has 0 aromatic carbocycles. The first kappa shape index (κ1) is 21.6. The van der Waals surface area contributed by atoms with Gasteiger partial charge < -0.3 is 20.1 Å². The summed E-state index contributed by atoms with van der Waals surface area (Å²) in [4.78, 5) is 35.1. The molecule has 0 saturated heterocycles. The maximum atomic E-state index is 12.1. The molecule has 0 unspecified atom stereocenters. The number of carbonyl (C=O) groups is 3. The number of methoxy groups -OCH3 is 1. The van der Waals surface area contributed by atoms with Gasteiger partial charge >= 0.3 is 0 Å². The summed E-state index contributed by atoms with van der Waals surface area (Å²) in [6.07, 6.45) is 3.58. The summed E-state index contributed by atoms with van der Waals surface area (Å²) in [5.74, 6) is 0.168. The normalized spacial score (nSPS) is 20.3. The molecule has 144 valence electrons. The first-order valence-corrected chi connectivity index (χ1v) is 9.10. The van der Waals surface area contributed by atoms with E-state index >= 15 is 0 Å². The van der Waals surface area contributed by atoms with Gasteiger partial charge in [0.15, 0.2) is 0 Å². The summed E-state index contributed by atoms with van der Waals surface area (Å²) in [5, 5.41) is 5.80. The second-order valence-corrected chi connectivity index (χ2v) is 6.82. The van der Waals surface area contributed by atoms with Gasteiger partial charge in [-0.15, -0.1) is 0 Å². The highest BCUT2D eigenvalue weighted by atomic mass is 16.5. The van der Waals surface area contributed by atoms with Crippen LogP contribution in [0.15, 0.2) is 0 Å². The van der Waals surface area contributed by atoms with E-state index in [1.54, 1.807) is 0 Å². The number of nitrogens with one attached hydrogen (secondary N) is 2. The fourth-order valence-corrected chi connectivity index (χ4v) is 2.85. The van der Waals surface area contributed by atoms with Crippen molar-refractivity contribution in [1.29, 1.82) is 0 Å². The number of rotatable bonds is 11. The predicted octanol–water partition coefficient (Wildman–Crippen LogP) is 1.06. The minimum atomic E-state index is -0.108. The summed E-state index contributed by atoms with van der Waals surface area (Å²) in [7, 11) is 1.49. The molecule has 1 saturated carbocycles. The Balaban J connectivity index is 2.09. The molecule has 0 aliphatic heterocycles. The smallest absolute Gasteiger partial charge is 0.246 e. The quantitative estimate of drug-likeness (QED) is 0.540. The molecule has 0 aromatic heterocycles. The van der Waals surface area contributed by atoms with E-state index in [0.717, 1.165) is 25.7 Å². The Morgan fingerprint density at radius 2 is 1.76 bits per heavy atom. The first-order chi connectivity index (χ1) is 11.9. The molecule has 0 radical (unpaired) electrons. The standard InChI is InChI=1S/C18H32N2O5/c1-13(2)16(21)8-10-25-11-9-19-18(23)14-4-6-15(7-5-14)20-17(22)12-24-3/h13-15H,4-12H2,1-3H3,(H,19,23)(H,20,22). The van der Waals surface area contributed by atoms with Gasteiger partial charge in [0.05, 0.1) is 13.2 Å². The second-order valence-electron chi connectivity index (χ2n) is 6.82. The van der Waals surface area contributed by atoms with Gasteiger partial charge in [0, 0.05) is 38.0 Å². The van der Waals surface area contributed by atoms with E-state index in [-0.39, 0.29) is 42.1 Å². The van der Waals surface area contributed by atoms with Crippen LogP contribution in [0.3, 0.4) is 0 Å². The highest BCUT2D eigenvalue weighted by Crippen LogP contribution is 2.24. The zero-order chi connectivity index (χ0) is 18.7. The number of amides is 2. The van der Waals surface area contributed by atoms with Crippen molar-refractivity contribution in [2.45, 2.75) is 52.0 Å². The Morgan fingerprint density at radius 1 is 1.08 bits per heavy atom. The third-order valence-corrected chi connectivity index (χ3v) is 4.42. The van der Waals surface area contributed by atoms with Gasteiger partial charge in [-0.2, -0.15) is 0 Å². The van der Waals surface area contributed by atoms with Gasteiger partial charge in [-0.3, -0.25) is 14.4 Å². The highest BCUT2D eigenvalue weighted by Gasteiger charge is 2.26. The van der Waals surface area contributed by atoms with Crippen LogP contribution in [-0.2, 0) is 23.9 Å². The molecule has 2 amide bonds. The van der Waals surface area contributed by atoms with Crippen molar-refractivity contribution in [3.63, 3.8) is 0 Å². The molecule has 1 aliphatic rings. The first-order valence-electron chi connectivity index (χ1n) is 9.10. The number of Topliss-reactive ketones (excluding diaryl/α,β-unsaturated/α-hetero) is 1. The van der Waals surface area contributed by atoms with Gasteiger partial charge in [0.2, 0.25) is 11.8 Å². The maximum Gasteiger partial charge on any atom is 0.246 e. The van der Waals surface area contributed by atoms with Gasteiger partial charge in [0.1, 0.15) is 12.4 Å². The number of hydrogen-bond acceptors (Lipinski definition) is 5. The second kappa shape index (κ2) is 12.0. The summed E-state index contributed by atoms with van der Waals surface area (Å²) in [6.45, 7) is 5.10. The molecular formula is C18H32N2O5. The van der Waals surface area contributed by atoms with Gasteiger partial charge in [0.25, 0.3) is 0 Å². The zero-order valence-corrected chi connectivity index (χ0v) is 15.6. The van der Waals surface area contributed by atoms with Crippen LogP contribution >= 0.6 is 0 Å². The summed E-state index contributed by atoms with van der Waals surface area (Å²) in [5.41, 5.74) is 0. The van der Waals surface area contributed by atoms with Crippen LogP contribution in [0.25, 0.3) is 0 Å². The summed E-state index contributed by atoms with van der Waals surface area (Å²) in [6, 6.07) is 0.133. The van der Waals surface area contributed by atoms with Crippen LogP contribution in [0.2, 0.25) is 0 Å². The van der Waals surface area contributed by atoms with Crippen LogP contribution in [0.5, 0.6) is 0 Å². The van der Waals surface area contributed by atoms with Crippen molar-refractivity contribution in [3.05, 3.63) is 0 Å². The molecule has 0 spiro atoms. The molecular weight excluding hydrogens is 324 g/mol. The minimum absolute atomic E-state index is 0.00176. The average Bonchev–Trinajstić information content (AvgIpc) is 2.58. The van der Waals surface area contributed by atoms with Crippen molar-refractivity contribution >= 4 is 17.6 Å². The van der Waals surface area contributed by atoms with Crippen LogP contribution in [0.4, 0.5) is 0 Å². The molecule has 7 heteroatoms. The molecule has 0 heterocycles. The lowest BCUT2D eigenvalue weighted by atomic mass is 9.85. The lowest BCUT2D eigenvalue weighted by Gasteiger charge is -2.28. The monoisotopic (exact) mass is 356 g/mol. The van der Waals surface area contributed by atoms with Crippen LogP contribution < -0.4 is 10.6 Å². The number of hydrogen-bond donors (Lipinski definition) is 2. The van der Waals surface area contributed by atoms with E-state index in [2.05, 4.69) is 10.6 Å². The van der Waals surface area contributed by atoms with Gasteiger partial charge in [-0.05, 0) is 25.7 Å². The van der Waals surface area contributed by atoms with E-state index < -0.39 is 0 Å². The molecule has 2 N–H and O–H groups in total. The van der Waals surface area contributed by atoms with Crippen molar-refractivity contribution in [2.24, 2.45) is 11.8 Å². The van der Waals surface area contributed by atoms with Gasteiger partial charge in [-0.25, -0.2) is 0 Å². The molecule has 0 aromatic rings. The Labute approximate surface area is 150 Å². The van der Waals surface area contributed by atoms with Crippen LogP contribution in [0, 0.1) is 11.8 Å². The minimum Gasteiger partial charge on any atom is -0.379 e. The van der Waals surface area contributed by atoms with E-state index in [9.17, 15) is 14.4 Å². The Hall–Kier alpha value is -1.47. The predicted molar refractivity (Wildman–Crippen MR) is 94.1 cm³/mol. The molecule has 7 nitrogen and oxygen atoms in total. The Morgan fingerprint density at radius 3 is 2.36 bits per heavy atom. The topological polar surface area (TPSA) is 93.7 Å². The Kier molecular flexibility index (Phi) is 10.3. The van der Waals surface area contributed by atoms with Crippen molar-refractivity contribution in [2.75, 3.05) is 33.5 Å². The number of ketones is 1. The highest BCUT2D eigenvalue weighted by molar-refractivity contribution is 5.80. The fraction of sp³-hybridized carbons (Fsp3) is 0.833. The third-order valence-electron chi connectivity index (χ3n) is 4.42. The molecule has 1 rings (SSSR count). The van der Waals surface area contributed by atoms with E-state index in [1.165, 1.54) is 7.11 Å². The maximum absolute atomic E-state index is 12.1. The van der Waals surface area contributed by atoms with E-state index in [0.29, 0.717) is 26.2 Å². The number of ether oxygens (including phenoxy) is 2. The molecule has 0 bridgehead atoms.